The molecular formula is C14H16F3N. The molecule has 0 aromatic heterocycles. The number of halogens is 3. The Morgan fingerprint density at radius 2 is 1.94 bits per heavy atom. The Labute approximate surface area is 104 Å². The van der Waals surface area contributed by atoms with Gasteiger partial charge in [-0.25, -0.2) is 0 Å². The number of alkyl halides is 3. The summed E-state index contributed by atoms with van der Waals surface area (Å²) in [6.07, 6.45) is 1.22. The molecule has 2 N–H and O–H groups in total. The summed E-state index contributed by atoms with van der Waals surface area (Å²) in [6, 6.07) is 4.41. The Hall–Kier alpha value is -1.29. The van der Waals surface area contributed by atoms with Crippen molar-refractivity contribution in [2.24, 2.45) is 5.73 Å². The molecule has 0 aliphatic heterocycles. The van der Waals surface area contributed by atoms with Crippen LogP contribution in [-0.2, 0) is 12.7 Å². The maximum Gasteiger partial charge on any atom is 0.417 e. The van der Waals surface area contributed by atoms with Gasteiger partial charge < -0.3 is 5.73 Å². The molecule has 0 saturated carbocycles. The van der Waals surface area contributed by atoms with Gasteiger partial charge in [0.1, 0.15) is 0 Å². The molecule has 4 heteroatoms. The third-order valence-corrected chi connectivity index (χ3v) is 3.26. The van der Waals surface area contributed by atoms with Gasteiger partial charge in [-0.2, -0.15) is 13.2 Å². The van der Waals surface area contributed by atoms with E-state index in [9.17, 15) is 13.2 Å². The summed E-state index contributed by atoms with van der Waals surface area (Å²) >= 11 is 0. The second kappa shape index (κ2) is 5.14. The lowest BCUT2D eigenvalue weighted by atomic mass is 9.89. The summed E-state index contributed by atoms with van der Waals surface area (Å²) in [5, 5.41) is 0. The van der Waals surface area contributed by atoms with Gasteiger partial charge in [0.2, 0.25) is 0 Å². The lowest BCUT2D eigenvalue weighted by Gasteiger charge is -2.19. The third kappa shape index (κ3) is 2.75. The molecule has 98 valence electrons. The van der Waals surface area contributed by atoms with Crippen LogP contribution in [-0.4, -0.2) is 0 Å². The van der Waals surface area contributed by atoms with Gasteiger partial charge in [-0.1, -0.05) is 18.2 Å². The van der Waals surface area contributed by atoms with Crippen molar-refractivity contribution in [2.75, 3.05) is 0 Å². The second-order valence-corrected chi connectivity index (χ2v) is 4.56. The molecule has 0 spiro atoms. The molecule has 1 aromatic carbocycles. The van der Waals surface area contributed by atoms with E-state index in [4.69, 9.17) is 5.73 Å². The van der Waals surface area contributed by atoms with Crippen LogP contribution < -0.4 is 5.73 Å². The van der Waals surface area contributed by atoms with Crippen molar-refractivity contribution >= 4 is 5.57 Å². The largest absolute Gasteiger partial charge is 0.417 e. The first-order chi connectivity index (χ1) is 8.52. The molecule has 0 fully saturated rings. The average molecular weight is 255 g/mol. The quantitative estimate of drug-likeness (QED) is 0.845. The van der Waals surface area contributed by atoms with E-state index >= 15 is 0 Å². The van der Waals surface area contributed by atoms with Crippen LogP contribution in [0.25, 0.3) is 5.57 Å². The van der Waals surface area contributed by atoms with E-state index in [1.165, 1.54) is 6.07 Å². The normalized spacial score (nSPS) is 16.6. The highest BCUT2D eigenvalue weighted by molar-refractivity contribution is 5.69. The zero-order valence-electron chi connectivity index (χ0n) is 10.1. The highest BCUT2D eigenvalue weighted by atomic mass is 19.4. The van der Waals surface area contributed by atoms with Crippen LogP contribution in [0.1, 0.15) is 42.4 Å². The van der Waals surface area contributed by atoms with Gasteiger partial charge in [0.25, 0.3) is 0 Å². The molecule has 0 heterocycles. The van der Waals surface area contributed by atoms with E-state index in [2.05, 4.69) is 0 Å². The second-order valence-electron chi connectivity index (χ2n) is 4.56. The van der Waals surface area contributed by atoms with Gasteiger partial charge in [0.15, 0.2) is 0 Å². The van der Waals surface area contributed by atoms with Crippen molar-refractivity contribution in [2.45, 2.75) is 38.4 Å². The zero-order valence-corrected chi connectivity index (χ0v) is 10.1. The number of hydrogen-bond donors (Lipinski definition) is 1. The van der Waals surface area contributed by atoms with Crippen molar-refractivity contribution in [1.82, 2.24) is 0 Å². The smallest absolute Gasteiger partial charge is 0.326 e. The topological polar surface area (TPSA) is 26.0 Å². The Morgan fingerprint density at radius 3 is 2.50 bits per heavy atom. The van der Waals surface area contributed by atoms with Crippen molar-refractivity contribution in [3.63, 3.8) is 0 Å². The number of rotatable bonds is 2. The fourth-order valence-corrected chi connectivity index (χ4v) is 2.32. The first-order valence-corrected chi connectivity index (χ1v) is 6.12. The number of nitrogens with two attached hydrogens (primary N) is 1. The molecule has 1 aliphatic rings. The Bertz CT molecular complexity index is 461. The van der Waals surface area contributed by atoms with Crippen LogP contribution in [0.4, 0.5) is 13.2 Å². The number of benzene rings is 1. The minimum Gasteiger partial charge on any atom is -0.326 e. The Morgan fingerprint density at radius 1 is 1.17 bits per heavy atom. The molecule has 1 aromatic rings. The molecule has 0 unspecified atom stereocenters. The highest BCUT2D eigenvalue weighted by Gasteiger charge is 2.34. The average Bonchev–Trinajstić information content (AvgIpc) is 2.38. The SMILES string of the molecule is NCc1ccc(C2=CCCCC2)c(C(F)(F)F)c1. The molecular weight excluding hydrogens is 239 g/mol. The first kappa shape index (κ1) is 13.1. The third-order valence-electron chi connectivity index (χ3n) is 3.26. The molecule has 18 heavy (non-hydrogen) atoms. The molecule has 0 amide bonds. The van der Waals surface area contributed by atoms with Crippen LogP contribution in [0.5, 0.6) is 0 Å². The van der Waals surface area contributed by atoms with E-state index in [0.29, 0.717) is 11.1 Å². The summed E-state index contributed by atoms with van der Waals surface area (Å²) < 4.78 is 39.2. The summed E-state index contributed by atoms with van der Waals surface area (Å²) in [6.45, 7) is 0.127. The summed E-state index contributed by atoms with van der Waals surface area (Å²) in [5.74, 6) is 0. The minimum absolute atomic E-state index is 0.127. The van der Waals surface area contributed by atoms with Gasteiger partial charge >= 0.3 is 6.18 Å². The first-order valence-electron chi connectivity index (χ1n) is 6.12. The molecule has 0 saturated heterocycles. The molecule has 1 nitrogen and oxygen atoms in total. The standard InChI is InChI=1S/C14H16F3N/c15-14(16,17)13-8-10(9-18)6-7-12(13)11-4-2-1-3-5-11/h4,6-8H,1-3,5,9,18H2. The molecule has 0 bridgehead atoms. The Balaban J connectivity index is 2.49. The van der Waals surface area contributed by atoms with Crippen molar-refractivity contribution < 1.29 is 13.2 Å². The van der Waals surface area contributed by atoms with E-state index in [1.807, 2.05) is 6.08 Å². The van der Waals surface area contributed by atoms with Gasteiger partial charge in [0.05, 0.1) is 5.56 Å². The van der Waals surface area contributed by atoms with Crippen LogP contribution in [0.3, 0.4) is 0 Å². The van der Waals surface area contributed by atoms with Crippen molar-refractivity contribution in [3.05, 3.63) is 41.0 Å². The van der Waals surface area contributed by atoms with E-state index < -0.39 is 11.7 Å². The summed E-state index contributed by atoms with van der Waals surface area (Å²) in [5.41, 5.74) is 6.50. The monoisotopic (exact) mass is 255 g/mol. The maximum atomic E-state index is 13.1. The Kier molecular flexibility index (Phi) is 3.76. The maximum absolute atomic E-state index is 13.1. The van der Waals surface area contributed by atoms with E-state index in [-0.39, 0.29) is 6.54 Å². The fourth-order valence-electron chi connectivity index (χ4n) is 2.32. The summed E-state index contributed by atoms with van der Waals surface area (Å²) in [4.78, 5) is 0. The van der Waals surface area contributed by atoms with Crippen LogP contribution in [0.15, 0.2) is 24.3 Å². The lowest BCUT2D eigenvalue weighted by Crippen LogP contribution is -2.11. The minimum atomic E-state index is -4.32. The van der Waals surface area contributed by atoms with Gasteiger partial charge in [-0.05, 0) is 48.4 Å². The highest BCUT2D eigenvalue weighted by Crippen LogP contribution is 2.38. The van der Waals surface area contributed by atoms with Gasteiger partial charge in [-0.3, -0.25) is 0 Å². The van der Waals surface area contributed by atoms with Crippen molar-refractivity contribution in [1.29, 1.82) is 0 Å². The summed E-state index contributed by atoms with van der Waals surface area (Å²) in [7, 11) is 0. The van der Waals surface area contributed by atoms with Crippen LogP contribution in [0, 0.1) is 0 Å². The van der Waals surface area contributed by atoms with Crippen LogP contribution in [0.2, 0.25) is 0 Å². The predicted molar refractivity (Wildman–Crippen MR) is 65.8 cm³/mol. The van der Waals surface area contributed by atoms with Gasteiger partial charge in [-0.15, -0.1) is 0 Å². The predicted octanol–water partition coefficient (Wildman–Crippen LogP) is 4.12. The van der Waals surface area contributed by atoms with Gasteiger partial charge in [0, 0.05) is 6.54 Å². The van der Waals surface area contributed by atoms with Crippen LogP contribution >= 0.6 is 0 Å². The fraction of sp³-hybridized carbons (Fsp3) is 0.429. The van der Waals surface area contributed by atoms with E-state index in [1.54, 1.807) is 12.1 Å². The molecule has 0 atom stereocenters. The molecule has 0 radical (unpaired) electrons. The number of allylic oxidation sites excluding steroid dienone is 2. The van der Waals surface area contributed by atoms with Crippen molar-refractivity contribution in [3.8, 4) is 0 Å². The van der Waals surface area contributed by atoms with E-state index in [0.717, 1.165) is 31.3 Å². The number of hydrogen-bond acceptors (Lipinski definition) is 1. The lowest BCUT2D eigenvalue weighted by molar-refractivity contribution is -0.137. The molecule has 1 aliphatic carbocycles. The molecule has 2 rings (SSSR count). The zero-order chi connectivity index (χ0) is 13.2.